The zero-order valence-electron chi connectivity index (χ0n) is 14.2. The summed E-state index contributed by atoms with van der Waals surface area (Å²) in [6.45, 7) is -0.271. The summed E-state index contributed by atoms with van der Waals surface area (Å²) in [5.41, 5.74) is 0.329. The SMILES string of the molecule is COC(=O)Cn1c(=NC(=O)c2cc(Cl)ccc2Cl)sc2ccc([N+](=O)[O-])cc21. The number of rotatable bonds is 4. The molecule has 8 nitrogen and oxygen atoms in total. The number of ether oxygens (including phenoxy) is 1. The summed E-state index contributed by atoms with van der Waals surface area (Å²) in [5, 5.41) is 11.6. The number of carbonyl (C=O) groups is 2. The Hall–Kier alpha value is -2.75. The summed E-state index contributed by atoms with van der Waals surface area (Å²) in [5.74, 6) is -1.26. The number of carbonyl (C=O) groups excluding carboxylic acids is 2. The number of nitrogens with zero attached hydrogens (tertiary/aromatic N) is 3. The topological polar surface area (TPSA) is 104 Å². The fourth-order valence-corrected chi connectivity index (χ4v) is 3.79. The highest BCUT2D eigenvalue weighted by atomic mass is 35.5. The summed E-state index contributed by atoms with van der Waals surface area (Å²) in [7, 11) is 1.22. The molecule has 0 spiro atoms. The number of hydrogen-bond acceptors (Lipinski definition) is 6. The molecule has 0 aliphatic heterocycles. The van der Waals surface area contributed by atoms with Crippen molar-refractivity contribution in [3.63, 3.8) is 0 Å². The van der Waals surface area contributed by atoms with E-state index in [9.17, 15) is 19.7 Å². The zero-order chi connectivity index (χ0) is 20.4. The maximum Gasteiger partial charge on any atom is 0.325 e. The minimum Gasteiger partial charge on any atom is -0.468 e. The Labute approximate surface area is 171 Å². The minimum absolute atomic E-state index is 0.0993. The lowest BCUT2D eigenvalue weighted by molar-refractivity contribution is -0.384. The van der Waals surface area contributed by atoms with Crippen molar-refractivity contribution in [2.75, 3.05) is 7.11 Å². The number of methoxy groups -OCH3 is 1. The molecule has 0 saturated heterocycles. The average Bonchev–Trinajstić information content (AvgIpc) is 2.99. The Balaban J connectivity index is 2.20. The van der Waals surface area contributed by atoms with Crippen molar-refractivity contribution in [3.8, 4) is 0 Å². The molecule has 28 heavy (non-hydrogen) atoms. The number of nitro groups is 1. The third-order valence-electron chi connectivity index (χ3n) is 3.75. The van der Waals surface area contributed by atoms with E-state index in [0.29, 0.717) is 15.2 Å². The van der Waals surface area contributed by atoms with Crippen LogP contribution in [0.2, 0.25) is 10.0 Å². The number of hydrogen-bond donors (Lipinski definition) is 0. The molecule has 0 N–H and O–H groups in total. The predicted octanol–water partition coefficient (Wildman–Crippen LogP) is 3.83. The van der Waals surface area contributed by atoms with Gasteiger partial charge in [-0.25, -0.2) is 0 Å². The van der Waals surface area contributed by atoms with Gasteiger partial charge in [0.05, 0.1) is 32.8 Å². The van der Waals surface area contributed by atoms with Crippen LogP contribution in [0, 0.1) is 10.1 Å². The molecule has 144 valence electrons. The highest BCUT2D eigenvalue weighted by Gasteiger charge is 2.17. The molecule has 11 heteroatoms. The van der Waals surface area contributed by atoms with E-state index in [0.717, 1.165) is 11.3 Å². The molecule has 0 radical (unpaired) electrons. The lowest BCUT2D eigenvalue weighted by Crippen LogP contribution is -2.22. The first-order valence-corrected chi connectivity index (χ1v) is 9.26. The van der Waals surface area contributed by atoms with Gasteiger partial charge in [-0.3, -0.25) is 19.7 Å². The number of nitro benzene ring substituents is 1. The van der Waals surface area contributed by atoms with E-state index in [1.54, 1.807) is 0 Å². The van der Waals surface area contributed by atoms with Crippen LogP contribution in [0.5, 0.6) is 0 Å². The van der Waals surface area contributed by atoms with Crippen LogP contribution in [0.25, 0.3) is 10.2 Å². The van der Waals surface area contributed by atoms with Gasteiger partial charge < -0.3 is 9.30 Å². The van der Waals surface area contributed by atoms with E-state index in [1.165, 1.54) is 48.1 Å². The lowest BCUT2D eigenvalue weighted by Gasteiger charge is -2.04. The summed E-state index contributed by atoms with van der Waals surface area (Å²) in [4.78, 5) is 39.2. The molecule has 0 saturated carbocycles. The molecule has 3 aromatic rings. The van der Waals surface area contributed by atoms with Gasteiger partial charge in [-0.1, -0.05) is 34.5 Å². The number of benzene rings is 2. The Bertz CT molecular complexity index is 1190. The first kappa shape index (κ1) is 20.0. The second-order valence-electron chi connectivity index (χ2n) is 5.50. The Morgan fingerprint density at radius 2 is 2.00 bits per heavy atom. The third-order valence-corrected chi connectivity index (χ3v) is 5.37. The van der Waals surface area contributed by atoms with Crippen LogP contribution < -0.4 is 4.80 Å². The van der Waals surface area contributed by atoms with Crippen molar-refractivity contribution in [2.24, 2.45) is 4.99 Å². The Kier molecular flexibility index (Phi) is 5.78. The summed E-state index contributed by atoms with van der Waals surface area (Å²) >= 11 is 13.1. The number of thiazole rings is 1. The molecule has 0 aliphatic carbocycles. The highest BCUT2D eigenvalue weighted by Crippen LogP contribution is 2.24. The van der Waals surface area contributed by atoms with Gasteiger partial charge in [0, 0.05) is 17.2 Å². The number of fused-ring (bicyclic) bond motifs is 1. The van der Waals surface area contributed by atoms with E-state index < -0.39 is 16.8 Å². The van der Waals surface area contributed by atoms with Crippen molar-refractivity contribution in [2.45, 2.75) is 6.54 Å². The smallest absolute Gasteiger partial charge is 0.325 e. The molecule has 0 bridgehead atoms. The average molecular weight is 440 g/mol. The molecule has 1 heterocycles. The molecule has 1 aromatic heterocycles. The first-order valence-electron chi connectivity index (χ1n) is 7.69. The monoisotopic (exact) mass is 439 g/mol. The van der Waals surface area contributed by atoms with E-state index in [4.69, 9.17) is 23.2 Å². The summed E-state index contributed by atoms with van der Waals surface area (Å²) < 4.78 is 6.67. The number of esters is 1. The standard InChI is InChI=1S/C17H11Cl2N3O5S/c1-27-15(23)8-21-13-7-10(22(25)26)3-5-14(13)28-17(21)20-16(24)11-6-9(18)2-4-12(11)19/h2-7H,8H2,1H3. The van der Waals surface area contributed by atoms with Crippen molar-refractivity contribution in [1.29, 1.82) is 0 Å². The lowest BCUT2D eigenvalue weighted by atomic mass is 10.2. The summed E-state index contributed by atoms with van der Waals surface area (Å²) in [6.07, 6.45) is 0. The van der Waals surface area contributed by atoms with Crippen molar-refractivity contribution in [1.82, 2.24) is 4.57 Å². The molecule has 0 atom stereocenters. The number of amides is 1. The highest BCUT2D eigenvalue weighted by molar-refractivity contribution is 7.16. The van der Waals surface area contributed by atoms with Gasteiger partial charge in [0.1, 0.15) is 6.54 Å². The predicted molar refractivity (Wildman–Crippen MR) is 105 cm³/mol. The molecule has 0 fully saturated rings. The fourth-order valence-electron chi connectivity index (χ4n) is 2.41. The van der Waals surface area contributed by atoms with Crippen LogP contribution in [-0.2, 0) is 16.1 Å². The quantitative estimate of drug-likeness (QED) is 0.349. The zero-order valence-corrected chi connectivity index (χ0v) is 16.5. The molecule has 0 unspecified atom stereocenters. The van der Waals surface area contributed by atoms with Crippen LogP contribution >= 0.6 is 34.5 Å². The largest absolute Gasteiger partial charge is 0.468 e. The van der Waals surface area contributed by atoms with Gasteiger partial charge in [-0.05, 0) is 24.3 Å². The fraction of sp³-hybridized carbons (Fsp3) is 0.118. The maximum atomic E-state index is 12.6. The minimum atomic E-state index is -0.660. The first-order chi connectivity index (χ1) is 13.3. The van der Waals surface area contributed by atoms with Crippen molar-refractivity contribution in [3.05, 3.63) is 66.9 Å². The molecule has 1 amide bonds. The van der Waals surface area contributed by atoms with Gasteiger partial charge in [-0.2, -0.15) is 4.99 Å². The van der Waals surface area contributed by atoms with E-state index >= 15 is 0 Å². The van der Waals surface area contributed by atoms with Crippen LogP contribution in [0.15, 0.2) is 41.4 Å². The van der Waals surface area contributed by atoms with Gasteiger partial charge in [-0.15, -0.1) is 0 Å². The van der Waals surface area contributed by atoms with Gasteiger partial charge in [0.25, 0.3) is 11.6 Å². The van der Waals surface area contributed by atoms with E-state index in [1.807, 2.05) is 0 Å². The Morgan fingerprint density at radius 1 is 1.25 bits per heavy atom. The van der Waals surface area contributed by atoms with Crippen LogP contribution in [0.4, 0.5) is 5.69 Å². The molecular formula is C17H11Cl2N3O5S. The molecule has 2 aromatic carbocycles. The van der Waals surface area contributed by atoms with Crippen LogP contribution in [0.1, 0.15) is 10.4 Å². The molecule has 3 rings (SSSR count). The number of aromatic nitrogens is 1. The second-order valence-corrected chi connectivity index (χ2v) is 7.35. The normalized spacial score (nSPS) is 11.6. The Morgan fingerprint density at radius 3 is 2.68 bits per heavy atom. The van der Waals surface area contributed by atoms with Gasteiger partial charge in [0.2, 0.25) is 0 Å². The maximum absolute atomic E-state index is 12.6. The van der Waals surface area contributed by atoms with E-state index in [2.05, 4.69) is 9.73 Å². The summed E-state index contributed by atoms with van der Waals surface area (Å²) in [6, 6.07) is 8.58. The number of non-ortho nitro benzene ring substituents is 1. The molecular weight excluding hydrogens is 429 g/mol. The van der Waals surface area contributed by atoms with Crippen LogP contribution in [-0.4, -0.2) is 28.5 Å². The number of halogens is 2. The van der Waals surface area contributed by atoms with Gasteiger partial charge in [0.15, 0.2) is 4.80 Å². The van der Waals surface area contributed by atoms with Crippen molar-refractivity contribution >= 4 is 62.3 Å². The second kappa shape index (κ2) is 8.09. The van der Waals surface area contributed by atoms with E-state index in [-0.39, 0.29) is 27.6 Å². The van der Waals surface area contributed by atoms with Gasteiger partial charge >= 0.3 is 5.97 Å². The third kappa shape index (κ3) is 4.06. The van der Waals surface area contributed by atoms with Crippen LogP contribution in [0.3, 0.4) is 0 Å². The van der Waals surface area contributed by atoms with Crippen molar-refractivity contribution < 1.29 is 19.2 Å². The molecule has 0 aliphatic rings.